The maximum atomic E-state index is 10.7. The summed E-state index contributed by atoms with van der Waals surface area (Å²) in [6.07, 6.45) is 5.36. The number of carbonyl (C=O) groups excluding carboxylic acids is 1. The summed E-state index contributed by atoms with van der Waals surface area (Å²) in [4.78, 5) is 21.0. The first kappa shape index (κ1) is 13.5. The van der Waals surface area contributed by atoms with E-state index in [-0.39, 0.29) is 12.5 Å². The molecule has 0 unspecified atom stereocenters. The van der Waals surface area contributed by atoms with Crippen molar-refractivity contribution in [2.45, 2.75) is 25.7 Å². The summed E-state index contributed by atoms with van der Waals surface area (Å²) >= 11 is 0. The van der Waals surface area contributed by atoms with Crippen LogP contribution in [-0.2, 0) is 19.1 Å². The summed E-state index contributed by atoms with van der Waals surface area (Å²) < 4.78 is 9.81. The van der Waals surface area contributed by atoms with Crippen molar-refractivity contribution in [3.8, 4) is 0 Å². The minimum Gasteiger partial charge on any atom is -0.502 e. The van der Waals surface area contributed by atoms with Gasteiger partial charge in [-0.2, -0.15) is 0 Å². The fraction of sp³-hybridized carbons (Fsp3) is 0.667. The Balaban J connectivity index is 2.16. The van der Waals surface area contributed by atoms with Crippen LogP contribution in [0, 0.1) is 11.8 Å². The molecule has 96 valence electrons. The number of carboxylic acids is 1. The molecule has 0 atom stereocenters. The van der Waals surface area contributed by atoms with E-state index in [1.165, 1.54) is 6.26 Å². The number of ether oxygens (including phenoxy) is 2. The standard InChI is InChI=1S/C12H18O5/c1-2-16-7-9-3-5-10(6-4-9)8-17-12(15)11(13)14/h2,9-10H,1,3-8H2,(H,13,14). The Morgan fingerprint density at radius 2 is 1.71 bits per heavy atom. The predicted molar refractivity (Wildman–Crippen MR) is 60.2 cm³/mol. The smallest absolute Gasteiger partial charge is 0.417 e. The molecule has 17 heavy (non-hydrogen) atoms. The largest absolute Gasteiger partial charge is 0.502 e. The van der Waals surface area contributed by atoms with E-state index in [0.29, 0.717) is 12.5 Å². The highest BCUT2D eigenvalue weighted by Crippen LogP contribution is 2.29. The second-order valence-corrected chi connectivity index (χ2v) is 4.29. The van der Waals surface area contributed by atoms with Gasteiger partial charge in [0.1, 0.15) is 0 Å². The topological polar surface area (TPSA) is 72.8 Å². The molecule has 0 bridgehead atoms. The fourth-order valence-corrected chi connectivity index (χ4v) is 2.02. The maximum Gasteiger partial charge on any atom is 0.417 e. The van der Waals surface area contributed by atoms with Gasteiger partial charge in [0.15, 0.2) is 0 Å². The third-order valence-corrected chi connectivity index (χ3v) is 3.04. The Hall–Kier alpha value is -1.52. The molecule has 1 fully saturated rings. The molecule has 1 saturated carbocycles. The normalized spacial score (nSPS) is 23.8. The van der Waals surface area contributed by atoms with Crippen LogP contribution < -0.4 is 0 Å². The number of hydrogen-bond acceptors (Lipinski definition) is 4. The minimum atomic E-state index is -1.53. The van der Waals surface area contributed by atoms with E-state index in [1.54, 1.807) is 0 Å². The maximum absolute atomic E-state index is 10.7. The quantitative estimate of drug-likeness (QED) is 0.450. The van der Waals surface area contributed by atoms with Gasteiger partial charge in [0, 0.05) is 0 Å². The van der Waals surface area contributed by atoms with Gasteiger partial charge in [-0.25, -0.2) is 9.59 Å². The molecule has 0 aromatic carbocycles. The van der Waals surface area contributed by atoms with Crippen molar-refractivity contribution in [1.29, 1.82) is 0 Å². The Morgan fingerprint density at radius 1 is 1.18 bits per heavy atom. The first-order valence-corrected chi connectivity index (χ1v) is 5.76. The van der Waals surface area contributed by atoms with Gasteiger partial charge in [-0.3, -0.25) is 0 Å². The van der Waals surface area contributed by atoms with E-state index in [0.717, 1.165) is 25.7 Å². The molecule has 0 spiro atoms. The fourth-order valence-electron chi connectivity index (χ4n) is 2.02. The molecule has 0 heterocycles. The molecule has 1 aliphatic rings. The van der Waals surface area contributed by atoms with Gasteiger partial charge in [-0.05, 0) is 37.5 Å². The van der Waals surface area contributed by atoms with Crippen LogP contribution in [0.4, 0.5) is 0 Å². The van der Waals surface area contributed by atoms with Crippen LogP contribution in [-0.4, -0.2) is 30.3 Å². The van der Waals surface area contributed by atoms with E-state index in [9.17, 15) is 9.59 Å². The van der Waals surface area contributed by atoms with Crippen LogP contribution in [0.3, 0.4) is 0 Å². The van der Waals surface area contributed by atoms with Crippen molar-refractivity contribution in [3.05, 3.63) is 12.8 Å². The number of rotatable bonds is 5. The molecule has 0 amide bonds. The average molecular weight is 242 g/mol. The first-order chi connectivity index (χ1) is 8.13. The number of hydrogen-bond donors (Lipinski definition) is 1. The lowest BCUT2D eigenvalue weighted by molar-refractivity contribution is -0.165. The lowest BCUT2D eigenvalue weighted by atomic mass is 9.83. The summed E-state index contributed by atoms with van der Waals surface area (Å²) in [6.45, 7) is 4.38. The van der Waals surface area contributed by atoms with Crippen molar-refractivity contribution >= 4 is 11.9 Å². The van der Waals surface area contributed by atoms with E-state index in [4.69, 9.17) is 9.84 Å². The second kappa shape index (κ2) is 6.93. The highest BCUT2D eigenvalue weighted by molar-refractivity contribution is 6.28. The zero-order chi connectivity index (χ0) is 12.7. The van der Waals surface area contributed by atoms with Gasteiger partial charge in [-0.15, -0.1) is 0 Å². The van der Waals surface area contributed by atoms with Crippen LogP contribution in [0.5, 0.6) is 0 Å². The molecule has 0 aromatic heterocycles. The summed E-state index contributed by atoms with van der Waals surface area (Å²) in [6, 6.07) is 0. The van der Waals surface area contributed by atoms with Crippen LogP contribution in [0.25, 0.3) is 0 Å². The highest BCUT2D eigenvalue weighted by Gasteiger charge is 2.23. The molecular weight excluding hydrogens is 224 g/mol. The molecule has 0 radical (unpaired) electrons. The molecule has 0 saturated heterocycles. The molecule has 5 heteroatoms. The van der Waals surface area contributed by atoms with Gasteiger partial charge >= 0.3 is 11.9 Å². The van der Waals surface area contributed by atoms with Gasteiger partial charge in [0.2, 0.25) is 0 Å². The number of carbonyl (C=O) groups is 2. The van der Waals surface area contributed by atoms with Crippen molar-refractivity contribution in [2.24, 2.45) is 11.8 Å². The van der Waals surface area contributed by atoms with Crippen LogP contribution in [0.15, 0.2) is 12.8 Å². The summed E-state index contributed by atoms with van der Waals surface area (Å²) in [7, 11) is 0. The van der Waals surface area contributed by atoms with Crippen LogP contribution in [0.2, 0.25) is 0 Å². The summed E-state index contributed by atoms with van der Waals surface area (Å²) in [5.74, 6) is -1.89. The van der Waals surface area contributed by atoms with Gasteiger partial charge in [-0.1, -0.05) is 6.58 Å². The van der Waals surface area contributed by atoms with Crippen molar-refractivity contribution in [2.75, 3.05) is 13.2 Å². The van der Waals surface area contributed by atoms with E-state index >= 15 is 0 Å². The minimum absolute atomic E-state index is 0.209. The molecular formula is C12H18O5. The van der Waals surface area contributed by atoms with Gasteiger partial charge in [0.05, 0.1) is 19.5 Å². The van der Waals surface area contributed by atoms with Crippen LogP contribution in [0.1, 0.15) is 25.7 Å². The Kier molecular flexibility index (Phi) is 5.52. The number of esters is 1. The molecule has 5 nitrogen and oxygen atoms in total. The third kappa shape index (κ3) is 4.89. The Labute approximate surface area is 100 Å². The van der Waals surface area contributed by atoms with E-state index in [1.807, 2.05) is 0 Å². The first-order valence-electron chi connectivity index (χ1n) is 5.76. The molecule has 1 aliphatic carbocycles. The van der Waals surface area contributed by atoms with E-state index < -0.39 is 11.9 Å². The number of carboxylic acid groups (broad SMARTS) is 1. The average Bonchev–Trinajstić information content (AvgIpc) is 2.34. The predicted octanol–water partition coefficient (Wildman–Crippen LogP) is 1.58. The second-order valence-electron chi connectivity index (χ2n) is 4.29. The van der Waals surface area contributed by atoms with Gasteiger partial charge in [0.25, 0.3) is 0 Å². The van der Waals surface area contributed by atoms with Crippen molar-refractivity contribution in [3.63, 3.8) is 0 Å². The molecule has 0 aliphatic heterocycles. The highest BCUT2D eigenvalue weighted by atomic mass is 16.6. The zero-order valence-electron chi connectivity index (χ0n) is 9.76. The SMILES string of the molecule is C=COCC1CCC(COC(=O)C(=O)O)CC1. The zero-order valence-corrected chi connectivity index (χ0v) is 9.76. The van der Waals surface area contributed by atoms with Crippen molar-refractivity contribution < 1.29 is 24.2 Å². The Bertz CT molecular complexity index is 279. The molecule has 1 N–H and O–H groups in total. The lowest BCUT2D eigenvalue weighted by Crippen LogP contribution is -2.24. The number of aliphatic carboxylic acids is 1. The van der Waals surface area contributed by atoms with Gasteiger partial charge < -0.3 is 14.6 Å². The monoisotopic (exact) mass is 242 g/mol. The molecule has 0 aromatic rings. The summed E-state index contributed by atoms with van der Waals surface area (Å²) in [5, 5.41) is 8.35. The van der Waals surface area contributed by atoms with Crippen LogP contribution >= 0.6 is 0 Å². The van der Waals surface area contributed by atoms with Crippen molar-refractivity contribution in [1.82, 2.24) is 0 Å². The Morgan fingerprint density at radius 3 is 2.18 bits per heavy atom. The molecule has 1 rings (SSSR count). The lowest BCUT2D eigenvalue weighted by Gasteiger charge is -2.27. The third-order valence-electron chi connectivity index (χ3n) is 3.04. The summed E-state index contributed by atoms with van der Waals surface area (Å²) in [5.41, 5.74) is 0. The van der Waals surface area contributed by atoms with E-state index in [2.05, 4.69) is 11.3 Å².